The van der Waals surface area contributed by atoms with Gasteiger partial charge in [0.05, 0.1) is 0 Å². The van der Waals surface area contributed by atoms with Crippen LogP contribution in [0, 0.1) is 5.92 Å². The maximum absolute atomic E-state index is 4.56. The van der Waals surface area contributed by atoms with Crippen molar-refractivity contribution in [1.29, 1.82) is 0 Å². The molecule has 3 nitrogen and oxygen atoms in total. The summed E-state index contributed by atoms with van der Waals surface area (Å²) in [6.45, 7) is 6.46. The van der Waals surface area contributed by atoms with Crippen molar-refractivity contribution in [3.63, 3.8) is 0 Å². The van der Waals surface area contributed by atoms with E-state index in [0.717, 1.165) is 12.5 Å². The highest BCUT2D eigenvalue weighted by molar-refractivity contribution is 7.15. The predicted molar refractivity (Wildman–Crippen MR) is 83.9 cm³/mol. The molecule has 0 unspecified atom stereocenters. The summed E-state index contributed by atoms with van der Waals surface area (Å²) < 4.78 is 0. The van der Waals surface area contributed by atoms with Gasteiger partial charge in [-0.05, 0) is 18.8 Å². The van der Waals surface area contributed by atoms with E-state index < -0.39 is 0 Å². The molecule has 1 aliphatic rings. The van der Waals surface area contributed by atoms with E-state index in [1.807, 2.05) is 17.5 Å². The van der Waals surface area contributed by atoms with Gasteiger partial charge in [-0.25, -0.2) is 4.98 Å². The average Bonchev–Trinajstić information content (AvgIpc) is 2.86. The van der Waals surface area contributed by atoms with E-state index in [2.05, 4.69) is 36.1 Å². The highest BCUT2D eigenvalue weighted by Crippen LogP contribution is 2.27. The first-order valence-corrected chi connectivity index (χ1v) is 8.36. The molecule has 0 bridgehead atoms. The number of nitrogens with one attached hydrogen (secondary N) is 1. The molecular formula is C15H27N3S. The molecule has 1 fully saturated rings. The summed E-state index contributed by atoms with van der Waals surface area (Å²) in [5.41, 5.74) is 0. The van der Waals surface area contributed by atoms with Crippen molar-refractivity contribution in [2.24, 2.45) is 5.92 Å². The minimum absolute atomic E-state index is 0.533. The third kappa shape index (κ3) is 4.77. The SMILES string of the molecule is CC(C)NCc1cnc(N(C)CC2CCCCC2)s1. The van der Waals surface area contributed by atoms with E-state index in [1.54, 1.807) is 0 Å². The van der Waals surface area contributed by atoms with Gasteiger partial charge in [-0.2, -0.15) is 0 Å². The zero-order valence-electron chi connectivity index (χ0n) is 12.5. The summed E-state index contributed by atoms with van der Waals surface area (Å²) in [7, 11) is 2.19. The van der Waals surface area contributed by atoms with Gasteiger partial charge in [-0.15, -0.1) is 11.3 Å². The lowest BCUT2D eigenvalue weighted by molar-refractivity contribution is 0.362. The lowest BCUT2D eigenvalue weighted by Crippen LogP contribution is -2.26. The molecule has 108 valence electrons. The van der Waals surface area contributed by atoms with E-state index in [9.17, 15) is 0 Å². The summed E-state index contributed by atoms with van der Waals surface area (Å²) in [5.74, 6) is 0.875. The topological polar surface area (TPSA) is 28.2 Å². The molecule has 0 saturated heterocycles. The molecule has 0 aliphatic heterocycles. The summed E-state index contributed by atoms with van der Waals surface area (Å²) >= 11 is 1.82. The lowest BCUT2D eigenvalue weighted by Gasteiger charge is -2.26. The van der Waals surface area contributed by atoms with Crippen molar-refractivity contribution in [2.75, 3.05) is 18.5 Å². The van der Waals surface area contributed by atoms with Crippen molar-refractivity contribution in [3.05, 3.63) is 11.1 Å². The molecule has 0 radical (unpaired) electrons. The smallest absolute Gasteiger partial charge is 0.185 e. The molecule has 0 amide bonds. The lowest BCUT2D eigenvalue weighted by atomic mass is 9.89. The monoisotopic (exact) mass is 281 g/mol. The fraction of sp³-hybridized carbons (Fsp3) is 0.800. The second kappa shape index (κ2) is 7.25. The van der Waals surface area contributed by atoms with Crippen molar-refractivity contribution in [1.82, 2.24) is 10.3 Å². The van der Waals surface area contributed by atoms with E-state index in [-0.39, 0.29) is 0 Å². The molecule has 1 heterocycles. The van der Waals surface area contributed by atoms with Crippen molar-refractivity contribution < 1.29 is 0 Å². The van der Waals surface area contributed by atoms with Crippen LogP contribution in [0.1, 0.15) is 50.8 Å². The Balaban J connectivity index is 1.82. The quantitative estimate of drug-likeness (QED) is 0.862. The second-order valence-corrected chi connectivity index (χ2v) is 7.12. The minimum atomic E-state index is 0.533. The molecule has 0 spiro atoms. The summed E-state index contributed by atoms with van der Waals surface area (Å²) in [5, 5.41) is 4.62. The Kier molecular flexibility index (Phi) is 5.64. The molecule has 1 saturated carbocycles. The Morgan fingerprint density at radius 1 is 1.37 bits per heavy atom. The first-order valence-electron chi connectivity index (χ1n) is 7.54. The summed E-state index contributed by atoms with van der Waals surface area (Å²) in [6, 6.07) is 0.533. The van der Waals surface area contributed by atoms with Gasteiger partial charge in [0.15, 0.2) is 5.13 Å². The molecule has 1 aliphatic carbocycles. The van der Waals surface area contributed by atoms with Crippen LogP contribution in [-0.2, 0) is 6.54 Å². The zero-order chi connectivity index (χ0) is 13.7. The number of rotatable bonds is 6. The van der Waals surface area contributed by atoms with Gasteiger partial charge in [-0.3, -0.25) is 0 Å². The maximum atomic E-state index is 4.56. The van der Waals surface area contributed by atoms with E-state index in [0.29, 0.717) is 6.04 Å². The first-order chi connectivity index (χ1) is 9.15. The Morgan fingerprint density at radius 2 is 2.11 bits per heavy atom. The number of aromatic nitrogens is 1. The van der Waals surface area contributed by atoms with Gasteiger partial charge in [0.25, 0.3) is 0 Å². The molecule has 1 aromatic rings. The van der Waals surface area contributed by atoms with Crippen LogP contribution in [0.3, 0.4) is 0 Å². The predicted octanol–water partition coefficient (Wildman–Crippen LogP) is 3.66. The molecule has 0 atom stereocenters. The fourth-order valence-corrected chi connectivity index (χ4v) is 3.53. The highest BCUT2D eigenvalue weighted by atomic mass is 32.1. The Morgan fingerprint density at radius 3 is 2.79 bits per heavy atom. The molecule has 1 aromatic heterocycles. The molecular weight excluding hydrogens is 254 g/mol. The molecule has 0 aromatic carbocycles. The maximum Gasteiger partial charge on any atom is 0.185 e. The van der Waals surface area contributed by atoms with Crippen molar-refractivity contribution >= 4 is 16.5 Å². The first kappa shape index (κ1) is 14.8. The van der Waals surface area contributed by atoms with Gasteiger partial charge in [0, 0.05) is 37.3 Å². The number of nitrogens with zero attached hydrogens (tertiary/aromatic N) is 2. The third-order valence-electron chi connectivity index (χ3n) is 3.81. The number of hydrogen-bond acceptors (Lipinski definition) is 4. The van der Waals surface area contributed by atoms with Crippen molar-refractivity contribution in [2.45, 2.75) is 58.5 Å². The summed E-state index contributed by atoms with van der Waals surface area (Å²) in [6.07, 6.45) is 9.09. The van der Waals surface area contributed by atoms with Gasteiger partial charge in [-0.1, -0.05) is 33.1 Å². The summed E-state index contributed by atoms with van der Waals surface area (Å²) in [4.78, 5) is 8.24. The van der Waals surface area contributed by atoms with Gasteiger partial charge in [0.1, 0.15) is 0 Å². The molecule has 19 heavy (non-hydrogen) atoms. The van der Waals surface area contributed by atoms with Crippen LogP contribution in [-0.4, -0.2) is 24.6 Å². The third-order valence-corrected chi connectivity index (χ3v) is 4.92. The number of hydrogen-bond donors (Lipinski definition) is 1. The second-order valence-electron chi connectivity index (χ2n) is 6.03. The largest absolute Gasteiger partial charge is 0.351 e. The highest BCUT2D eigenvalue weighted by Gasteiger charge is 2.17. The Bertz CT molecular complexity index is 369. The van der Waals surface area contributed by atoms with Gasteiger partial charge >= 0.3 is 0 Å². The van der Waals surface area contributed by atoms with Crippen LogP contribution in [0.25, 0.3) is 0 Å². The standard InChI is InChI=1S/C15H27N3S/c1-12(2)16-9-14-10-17-15(19-14)18(3)11-13-7-5-4-6-8-13/h10,12-13,16H,4-9,11H2,1-3H3. The molecule has 2 rings (SSSR count). The fourth-order valence-electron chi connectivity index (χ4n) is 2.70. The van der Waals surface area contributed by atoms with E-state index in [4.69, 9.17) is 0 Å². The minimum Gasteiger partial charge on any atom is -0.351 e. The van der Waals surface area contributed by atoms with Gasteiger partial charge < -0.3 is 10.2 Å². The Hall–Kier alpha value is -0.610. The van der Waals surface area contributed by atoms with Gasteiger partial charge in [0.2, 0.25) is 0 Å². The molecule has 1 N–H and O–H groups in total. The number of anilines is 1. The van der Waals surface area contributed by atoms with Crippen LogP contribution in [0.15, 0.2) is 6.20 Å². The average molecular weight is 281 g/mol. The Labute approximate surface area is 121 Å². The van der Waals surface area contributed by atoms with Crippen LogP contribution in [0.2, 0.25) is 0 Å². The normalized spacial score (nSPS) is 17.1. The number of thiazole rings is 1. The molecule has 4 heteroatoms. The van der Waals surface area contributed by atoms with Crippen LogP contribution < -0.4 is 10.2 Å². The van der Waals surface area contributed by atoms with Crippen LogP contribution in [0.4, 0.5) is 5.13 Å². The van der Waals surface area contributed by atoms with E-state index >= 15 is 0 Å². The van der Waals surface area contributed by atoms with Crippen LogP contribution >= 0.6 is 11.3 Å². The zero-order valence-corrected chi connectivity index (χ0v) is 13.3. The van der Waals surface area contributed by atoms with E-state index in [1.165, 1.54) is 48.7 Å². The van der Waals surface area contributed by atoms with Crippen molar-refractivity contribution in [3.8, 4) is 0 Å². The van der Waals surface area contributed by atoms with Crippen LogP contribution in [0.5, 0.6) is 0 Å².